The van der Waals surface area contributed by atoms with E-state index in [2.05, 4.69) is 10.00 Å². The molecular formula is C17H27N5O3. The van der Waals surface area contributed by atoms with Gasteiger partial charge in [0.05, 0.1) is 12.1 Å². The fraction of sp³-hybridized carbons (Fsp3) is 0.706. The smallest absolute Gasteiger partial charge is 0.274 e. The van der Waals surface area contributed by atoms with E-state index in [1.54, 1.807) is 42.9 Å². The molecule has 8 heteroatoms. The predicted molar refractivity (Wildman–Crippen MR) is 91.9 cm³/mol. The maximum absolute atomic E-state index is 12.6. The summed E-state index contributed by atoms with van der Waals surface area (Å²) < 4.78 is 1.60. The SMILES string of the molecule is CC(=O)N1CCN([C@@H]2CC[C@@H](N(C)C(=O)c3ccn(C)n3)[C@H]2O)CC1. The lowest BCUT2D eigenvalue weighted by Crippen LogP contribution is -2.55. The monoisotopic (exact) mass is 349 g/mol. The van der Waals surface area contributed by atoms with Crippen molar-refractivity contribution in [2.24, 2.45) is 7.05 Å². The van der Waals surface area contributed by atoms with E-state index < -0.39 is 6.10 Å². The van der Waals surface area contributed by atoms with Gasteiger partial charge in [-0.2, -0.15) is 5.10 Å². The molecule has 3 rings (SSSR count). The molecule has 138 valence electrons. The Morgan fingerprint density at radius 1 is 1.24 bits per heavy atom. The fourth-order valence-electron chi connectivity index (χ4n) is 3.99. The van der Waals surface area contributed by atoms with Gasteiger partial charge in [0.15, 0.2) is 0 Å². The van der Waals surface area contributed by atoms with Gasteiger partial charge in [0.2, 0.25) is 5.91 Å². The molecule has 25 heavy (non-hydrogen) atoms. The molecule has 3 atom stereocenters. The lowest BCUT2D eigenvalue weighted by molar-refractivity contribution is -0.131. The highest BCUT2D eigenvalue weighted by Gasteiger charge is 2.42. The van der Waals surface area contributed by atoms with Crippen molar-refractivity contribution in [2.45, 2.75) is 38.0 Å². The molecule has 2 heterocycles. The van der Waals surface area contributed by atoms with Gasteiger partial charge in [-0.3, -0.25) is 19.2 Å². The van der Waals surface area contributed by atoms with Crippen molar-refractivity contribution < 1.29 is 14.7 Å². The number of aromatic nitrogens is 2. The molecule has 1 saturated carbocycles. The van der Waals surface area contributed by atoms with Gasteiger partial charge in [0.1, 0.15) is 5.69 Å². The quantitative estimate of drug-likeness (QED) is 0.799. The molecule has 0 bridgehead atoms. The Kier molecular flexibility index (Phi) is 5.10. The Hall–Kier alpha value is -1.93. The molecule has 2 amide bonds. The van der Waals surface area contributed by atoms with E-state index >= 15 is 0 Å². The molecule has 0 unspecified atom stereocenters. The molecule has 1 aliphatic heterocycles. The fourth-order valence-corrected chi connectivity index (χ4v) is 3.99. The maximum atomic E-state index is 12.6. The van der Waals surface area contributed by atoms with Crippen molar-refractivity contribution >= 4 is 11.8 Å². The number of aryl methyl sites for hydroxylation is 1. The molecule has 1 aliphatic carbocycles. The number of carbonyl (C=O) groups is 2. The van der Waals surface area contributed by atoms with Gasteiger partial charge in [-0.1, -0.05) is 0 Å². The van der Waals surface area contributed by atoms with Gasteiger partial charge < -0.3 is 14.9 Å². The van der Waals surface area contributed by atoms with Gasteiger partial charge in [0.25, 0.3) is 5.91 Å². The Labute approximate surface area is 148 Å². The second kappa shape index (κ2) is 7.13. The first-order valence-corrected chi connectivity index (χ1v) is 8.83. The van der Waals surface area contributed by atoms with Crippen LogP contribution in [0.5, 0.6) is 0 Å². The number of likely N-dealkylation sites (N-methyl/N-ethyl adjacent to an activating group) is 1. The van der Waals surface area contributed by atoms with Gasteiger partial charge >= 0.3 is 0 Å². The highest BCUT2D eigenvalue weighted by Crippen LogP contribution is 2.29. The minimum Gasteiger partial charge on any atom is -0.389 e. The van der Waals surface area contributed by atoms with E-state index in [1.807, 2.05) is 4.90 Å². The van der Waals surface area contributed by atoms with Crippen LogP contribution in [0.3, 0.4) is 0 Å². The summed E-state index contributed by atoms with van der Waals surface area (Å²) in [5, 5.41) is 15.0. The van der Waals surface area contributed by atoms with Crippen molar-refractivity contribution in [1.82, 2.24) is 24.5 Å². The van der Waals surface area contributed by atoms with E-state index in [-0.39, 0.29) is 23.9 Å². The van der Waals surface area contributed by atoms with Gasteiger partial charge in [-0.15, -0.1) is 0 Å². The third-order valence-corrected chi connectivity index (χ3v) is 5.53. The van der Waals surface area contributed by atoms with Crippen LogP contribution in [0.2, 0.25) is 0 Å². The van der Waals surface area contributed by atoms with Gasteiger partial charge in [-0.25, -0.2) is 0 Å². The van der Waals surface area contributed by atoms with E-state index in [0.29, 0.717) is 18.8 Å². The largest absolute Gasteiger partial charge is 0.389 e. The van der Waals surface area contributed by atoms with Crippen LogP contribution in [0.15, 0.2) is 12.3 Å². The minimum absolute atomic E-state index is 0.0399. The first kappa shape index (κ1) is 17.9. The number of nitrogens with zero attached hydrogens (tertiary/aromatic N) is 5. The number of rotatable bonds is 3. The highest BCUT2D eigenvalue weighted by molar-refractivity contribution is 5.92. The molecule has 0 radical (unpaired) electrons. The van der Waals surface area contributed by atoms with Crippen molar-refractivity contribution in [3.8, 4) is 0 Å². The lowest BCUT2D eigenvalue weighted by Gasteiger charge is -2.39. The average molecular weight is 349 g/mol. The van der Waals surface area contributed by atoms with Crippen LogP contribution in [0.25, 0.3) is 0 Å². The summed E-state index contributed by atoms with van der Waals surface area (Å²) in [5.74, 6) is -0.0584. The summed E-state index contributed by atoms with van der Waals surface area (Å²) in [7, 11) is 3.51. The van der Waals surface area contributed by atoms with Crippen molar-refractivity contribution in [2.75, 3.05) is 33.2 Å². The number of aliphatic hydroxyl groups is 1. The molecule has 2 fully saturated rings. The topological polar surface area (TPSA) is 81.9 Å². The Morgan fingerprint density at radius 3 is 2.48 bits per heavy atom. The van der Waals surface area contributed by atoms with Crippen LogP contribution in [0, 0.1) is 0 Å². The maximum Gasteiger partial charge on any atom is 0.274 e. The van der Waals surface area contributed by atoms with Crippen LogP contribution in [0.1, 0.15) is 30.3 Å². The summed E-state index contributed by atoms with van der Waals surface area (Å²) >= 11 is 0. The van der Waals surface area contributed by atoms with Gasteiger partial charge in [-0.05, 0) is 18.9 Å². The predicted octanol–water partition coefficient (Wildman–Crippen LogP) is -0.452. The van der Waals surface area contributed by atoms with Crippen LogP contribution < -0.4 is 0 Å². The molecule has 0 spiro atoms. The number of piperazine rings is 1. The molecule has 1 aromatic rings. The van der Waals surface area contributed by atoms with Crippen molar-refractivity contribution in [1.29, 1.82) is 0 Å². The normalized spacial score (nSPS) is 27.5. The number of aliphatic hydroxyl groups excluding tert-OH is 1. The number of amides is 2. The zero-order valence-corrected chi connectivity index (χ0v) is 15.1. The summed E-state index contributed by atoms with van der Waals surface area (Å²) in [5.41, 5.74) is 0.399. The molecular weight excluding hydrogens is 322 g/mol. The van der Waals surface area contributed by atoms with Crippen LogP contribution >= 0.6 is 0 Å². The van der Waals surface area contributed by atoms with E-state index in [9.17, 15) is 14.7 Å². The Balaban J connectivity index is 1.61. The molecule has 1 saturated heterocycles. The number of carbonyl (C=O) groups excluding carboxylic acids is 2. The zero-order valence-electron chi connectivity index (χ0n) is 15.1. The summed E-state index contributed by atoms with van der Waals surface area (Å²) in [6.45, 7) is 4.53. The molecule has 1 N–H and O–H groups in total. The van der Waals surface area contributed by atoms with Crippen LogP contribution in [-0.4, -0.2) is 92.8 Å². The van der Waals surface area contributed by atoms with E-state index in [4.69, 9.17) is 0 Å². The second-order valence-corrected chi connectivity index (χ2v) is 7.04. The highest BCUT2D eigenvalue weighted by atomic mass is 16.3. The third kappa shape index (κ3) is 3.55. The standard InChI is InChI=1S/C17H27N5O3/c1-12(23)21-8-10-22(11-9-21)15-5-4-14(16(15)24)20(3)17(25)13-6-7-19(2)18-13/h6-7,14-16,24H,4-5,8-11H2,1-3H3/t14-,15-,16-/m1/s1. The average Bonchev–Trinajstić information content (AvgIpc) is 3.19. The Bertz CT molecular complexity index is 638. The molecule has 8 nitrogen and oxygen atoms in total. The van der Waals surface area contributed by atoms with Crippen molar-refractivity contribution in [3.05, 3.63) is 18.0 Å². The third-order valence-electron chi connectivity index (χ3n) is 5.53. The van der Waals surface area contributed by atoms with Crippen LogP contribution in [0.4, 0.5) is 0 Å². The first-order chi connectivity index (χ1) is 11.9. The second-order valence-electron chi connectivity index (χ2n) is 7.04. The van der Waals surface area contributed by atoms with Gasteiger partial charge in [0, 0.05) is 59.4 Å². The summed E-state index contributed by atoms with van der Waals surface area (Å²) in [4.78, 5) is 29.7. The summed E-state index contributed by atoms with van der Waals surface area (Å²) in [6.07, 6.45) is 2.78. The molecule has 0 aromatic carbocycles. The lowest BCUT2D eigenvalue weighted by atomic mass is 10.1. The number of hydrogen-bond donors (Lipinski definition) is 1. The Morgan fingerprint density at radius 2 is 1.92 bits per heavy atom. The molecule has 2 aliphatic rings. The van der Waals surface area contributed by atoms with Crippen LogP contribution in [-0.2, 0) is 11.8 Å². The number of hydrogen-bond acceptors (Lipinski definition) is 5. The van der Waals surface area contributed by atoms with E-state index in [1.165, 1.54) is 0 Å². The summed E-state index contributed by atoms with van der Waals surface area (Å²) in [6, 6.07) is 1.53. The molecule has 1 aromatic heterocycles. The van der Waals surface area contributed by atoms with Crippen molar-refractivity contribution in [3.63, 3.8) is 0 Å². The minimum atomic E-state index is -0.582. The first-order valence-electron chi connectivity index (χ1n) is 8.83. The zero-order chi connectivity index (χ0) is 18.1. The van der Waals surface area contributed by atoms with E-state index in [0.717, 1.165) is 25.9 Å².